The Hall–Kier alpha value is -1.45. The second-order valence-corrected chi connectivity index (χ2v) is 2.66. The number of aryl methyl sites for hydroxylation is 1. The number of nitrogen functional groups attached to an aromatic ring is 2. The summed E-state index contributed by atoms with van der Waals surface area (Å²) in [6.07, 6.45) is 0.767. The number of hydrogen-bond donors (Lipinski definition) is 3. The second kappa shape index (κ2) is 2.89. The first-order valence-corrected chi connectivity index (χ1v) is 3.80. The van der Waals surface area contributed by atoms with Gasteiger partial charge in [-0.05, 0) is 6.92 Å². The molecule has 1 aromatic rings. The Morgan fingerprint density at radius 3 is 2.42 bits per heavy atom. The molecule has 0 aliphatic heterocycles. The summed E-state index contributed by atoms with van der Waals surface area (Å²) in [4.78, 5) is 0. The van der Waals surface area contributed by atoms with Crippen LogP contribution in [0.2, 0.25) is 0 Å². The van der Waals surface area contributed by atoms with Crippen LogP contribution in [0, 0.1) is 12.3 Å². The van der Waals surface area contributed by atoms with Gasteiger partial charge in [-0.25, -0.2) is 0 Å². The topological polar surface area (TPSA) is 89.0 Å². The molecule has 0 aliphatic carbocycles. The summed E-state index contributed by atoms with van der Waals surface area (Å²) in [6.45, 7) is 3.82. The summed E-state index contributed by atoms with van der Waals surface area (Å²) >= 11 is 0. The fourth-order valence-corrected chi connectivity index (χ4v) is 1.26. The molecule has 4 nitrogen and oxygen atoms in total. The Balaban J connectivity index is 3.28. The predicted octanol–water partition coefficient (Wildman–Crippen LogP) is 1.02. The van der Waals surface area contributed by atoms with E-state index < -0.39 is 0 Å². The number of rotatable bonds is 2. The standard InChI is InChI=1S/C8H13N3O/c1-3-5-4(2)6(7(9)10)8(11)12-5/h3,11H2,1-2H3,(H3,9,10). The third-order valence-electron chi connectivity index (χ3n) is 1.86. The highest BCUT2D eigenvalue weighted by atomic mass is 16.4. The molecule has 0 radical (unpaired) electrons. The van der Waals surface area contributed by atoms with Gasteiger partial charge in [0.1, 0.15) is 11.6 Å². The van der Waals surface area contributed by atoms with Crippen molar-refractivity contribution in [3.05, 3.63) is 16.9 Å². The van der Waals surface area contributed by atoms with Gasteiger partial charge >= 0.3 is 0 Å². The molecule has 0 saturated heterocycles. The average Bonchev–Trinajstić information content (AvgIpc) is 2.25. The van der Waals surface area contributed by atoms with Gasteiger partial charge in [0.2, 0.25) is 5.88 Å². The third-order valence-corrected chi connectivity index (χ3v) is 1.86. The highest BCUT2D eigenvalue weighted by Gasteiger charge is 2.15. The molecule has 0 bridgehead atoms. The van der Waals surface area contributed by atoms with Crippen molar-refractivity contribution >= 4 is 11.7 Å². The number of furan rings is 1. The van der Waals surface area contributed by atoms with Gasteiger partial charge in [0.25, 0.3) is 0 Å². The Labute approximate surface area is 71.1 Å². The average molecular weight is 167 g/mol. The quantitative estimate of drug-likeness (QED) is 0.453. The van der Waals surface area contributed by atoms with Gasteiger partial charge in [0.05, 0.1) is 5.56 Å². The van der Waals surface area contributed by atoms with Crippen LogP contribution in [0.3, 0.4) is 0 Å². The maximum atomic E-state index is 7.24. The molecule has 4 heteroatoms. The molecular formula is C8H13N3O. The zero-order valence-corrected chi connectivity index (χ0v) is 7.27. The van der Waals surface area contributed by atoms with Crippen molar-refractivity contribution < 1.29 is 4.42 Å². The second-order valence-electron chi connectivity index (χ2n) is 2.66. The van der Waals surface area contributed by atoms with Gasteiger partial charge in [0, 0.05) is 12.0 Å². The normalized spacial score (nSPS) is 10.2. The zero-order valence-electron chi connectivity index (χ0n) is 7.27. The van der Waals surface area contributed by atoms with Crippen LogP contribution in [0.25, 0.3) is 0 Å². The van der Waals surface area contributed by atoms with E-state index in [1.54, 1.807) is 0 Å². The van der Waals surface area contributed by atoms with Crippen molar-refractivity contribution in [2.45, 2.75) is 20.3 Å². The number of nitrogens with one attached hydrogen (secondary N) is 1. The first-order chi connectivity index (χ1) is 5.57. The predicted molar refractivity (Wildman–Crippen MR) is 48.3 cm³/mol. The fraction of sp³-hybridized carbons (Fsp3) is 0.375. The van der Waals surface area contributed by atoms with Crippen molar-refractivity contribution in [3.8, 4) is 0 Å². The molecule has 0 atom stereocenters. The molecule has 0 unspecified atom stereocenters. The van der Waals surface area contributed by atoms with Crippen LogP contribution in [0.1, 0.15) is 23.8 Å². The molecule has 0 amide bonds. The minimum absolute atomic E-state index is 0.0338. The Morgan fingerprint density at radius 2 is 2.17 bits per heavy atom. The van der Waals surface area contributed by atoms with E-state index in [0.717, 1.165) is 17.7 Å². The van der Waals surface area contributed by atoms with Crippen LogP contribution in [-0.4, -0.2) is 5.84 Å². The summed E-state index contributed by atoms with van der Waals surface area (Å²) in [7, 11) is 0. The summed E-state index contributed by atoms with van der Waals surface area (Å²) in [6, 6.07) is 0. The van der Waals surface area contributed by atoms with E-state index in [-0.39, 0.29) is 11.7 Å². The van der Waals surface area contributed by atoms with E-state index in [1.807, 2.05) is 13.8 Å². The first-order valence-electron chi connectivity index (χ1n) is 3.80. The van der Waals surface area contributed by atoms with Crippen molar-refractivity contribution in [1.29, 1.82) is 5.41 Å². The van der Waals surface area contributed by atoms with Crippen molar-refractivity contribution in [2.24, 2.45) is 5.73 Å². The van der Waals surface area contributed by atoms with E-state index in [1.165, 1.54) is 0 Å². The molecule has 66 valence electrons. The summed E-state index contributed by atoms with van der Waals surface area (Å²) in [5.41, 5.74) is 12.3. The Bertz CT molecular complexity index is 314. The van der Waals surface area contributed by atoms with Gasteiger partial charge in [0.15, 0.2) is 0 Å². The van der Waals surface area contributed by atoms with E-state index in [2.05, 4.69) is 0 Å². The number of amidine groups is 1. The third kappa shape index (κ3) is 1.15. The number of anilines is 1. The van der Waals surface area contributed by atoms with Crippen LogP contribution in [0.4, 0.5) is 5.88 Å². The molecule has 0 aliphatic rings. The van der Waals surface area contributed by atoms with Crippen LogP contribution in [0.5, 0.6) is 0 Å². The molecule has 0 fully saturated rings. The van der Waals surface area contributed by atoms with Gasteiger partial charge in [-0.3, -0.25) is 5.41 Å². The molecule has 0 spiro atoms. The van der Waals surface area contributed by atoms with Crippen molar-refractivity contribution in [2.75, 3.05) is 5.73 Å². The molecule has 0 saturated carbocycles. The highest BCUT2D eigenvalue weighted by Crippen LogP contribution is 2.23. The molecule has 0 aromatic carbocycles. The Kier molecular flexibility index (Phi) is 2.08. The summed E-state index contributed by atoms with van der Waals surface area (Å²) in [5.74, 6) is 1.02. The van der Waals surface area contributed by atoms with Crippen molar-refractivity contribution in [1.82, 2.24) is 0 Å². The monoisotopic (exact) mass is 167 g/mol. The molecule has 1 heterocycles. The molecular weight excluding hydrogens is 154 g/mol. The van der Waals surface area contributed by atoms with Crippen LogP contribution >= 0.6 is 0 Å². The lowest BCUT2D eigenvalue weighted by molar-refractivity contribution is 0.531. The molecule has 12 heavy (non-hydrogen) atoms. The van der Waals surface area contributed by atoms with Gasteiger partial charge in [-0.2, -0.15) is 0 Å². The van der Waals surface area contributed by atoms with Crippen molar-refractivity contribution in [3.63, 3.8) is 0 Å². The maximum absolute atomic E-state index is 7.24. The van der Waals surface area contributed by atoms with Gasteiger partial charge < -0.3 is 15.9 Å². The van der Waals surface area contributed by atoms with E-state index in [9.17, 15) is 0 Å². The molecule has 5 N–H and O–H groups in total. The lowest BCUT2D eigenvalue weighted by Crippen LogP contribution is -2.13. The molecule has 1 aromatic heterocycles. The maximum Gasteiger partial charge on any atom is 0.201 e. The molecule has 1 rings (SSSR count). The lowest BCUT2D eigenvalue weighted by Gasteiger charge is -1.95. The number of nitrogens with two attached hydrogens (primary N) is 2. The number of hydrogen-bond acceptors (Lipinski definition) is 3. The highest BCUT2D eigenvalue weighted by molar-refractivity contribution is 6.00. The van der Waals surface area contributed by atoms with E-state index >= 15 is 0 Å². The van der Waals surface area contributed by atoms with Crippen LogP contribution < -0.4 is 11.5 Å². The Morgan fingerprint density at radius 1 is 1.58 bits per heavy atom. The zero-order chi connectivity index (χ0) is 9.30. The smallest absolute Gasteiger partial charge is 0.201 e. The SMILES string of the molecule is CCc1oc(N)c(C(=N)N)c1C. The van der Waals surface area contributed by atoms with E-state index in [4.69, 9.17) is 21.3 Å². The minimum atomic E-state index is -0.0338. The van der Waals surface area contributed by atoms with Gasteiger partial charge in [-0.15, -0.1) is 0 Å². The summed E-state index contributed by atoms with van der Waals surface area (Å²) < 4.78 is 5.21. The fourth-order valence-electron chi connectivity index (χ4n) is 1.26. The van der Waals surface area contributed by atoms with Crippen LogP contribution in [-0.2, 0) is 6.42 Å². The lowest BCUT2D eigenvalue weighted by atomic mass is 10.1. The minimum Gasteiger partial charge on any atom is -0.445 e. The largest absolute Gasteiger partial charge is 0.445 e. The van der Waals surface area contributed by atoms with E-state index in [0.29, 0.717) is 5.56 Å². The first kappa shape index (κ1) is 8.64. The van der Waals surface area contributed by atoms with Crippen LogP contribution in [0.15, 0.2) is 4.42 Å². The summed E-state index contributed by atoms with van der Waals surface area (Å²) in [5, 5.41) is 7.24. The van der Waals surface area contributed by atoms with Gasteiger partial charge in [-0.1, -0.05) is 6.92 Å².